The van der Waals surface area contributed by atoms with Crippen LogP contribution < -0.4 is 0 Å². The highest BCUT2D eigenvalue weighted by molar-refractivity contribution is 8.22. The lowest BCUT2D eigenvalue weighted by Gasteiger charge is -2.19. The summed E-state index contributed by atoms with van der Waals surface area (Å²) < 4.78 is 6.58. The van der Waals surface area contributed by atoms with Gasteiger partial charge in [0.25, 0.3) is 0 Å². The van der Waals surface area contributed by atoms with Gasteiger partial charge in [0.1, 0.15) is 6.10 Å². The molecular formula is C15H22OS2. The Morgan fingerprint density at radius 2 is 1.94 bits per heavy atom. The van der Waals surface area contributed by atoms with E-state index in [2.05, 4.69) is 45.0 Å². The second-order valence-corrected chi connectivity index (χ2v) is 6.81. The third-order valence-corrected chi connectivity index (χ3v) is 3.66. The van der Waals surface area contributed by atoms with Gasteiger partial charge in [-0.05, 0) is 24.2 Å². The number of hydrogen-bond donors (Lipinski definition) is 0. The van der Waals surface area contributed by atoms with Crippen molar-refractivity contribution in [2.24, 2.45) is 0 Å². The molecule has 0 saturated heterocycles. The molecule has 18 heavy (non-hydrogen) atoms. The molecule has 0 radical (unpaired) electrons. The third kappa shape index (κ3) is 6.41. The van der Waals surface area contributed by atoms with Gasteiger partial charge in [0.15, 0.2) is 0 Å². The van der Waals surface area contributed by atoms with Gasteiger partial charge in [-0.2, -0.15) is 0 Å². The summed E-state index contributed by atoms with van der Waals surface area (Å²) in [5.74, 6) is 0. The van der Waals surface area contributed by atoms with Gasteiger partial charge in [-0.1, -0.05) is 69.3 Å². The van der Waals surface area contributed by atoms with Gasteiger partial charge in [-0.15, -0.1) is 0 Å². The van der Waals surface area contributed by atoms with Crippen LogP contribution in [0, 0.1) is 0 Å². The van der Waals surface area contributed by atoms with Gasteiger partial charge in [0.2, 0.25) is 4.38 Å². The number of hydrogen-bond acceptors (Lipinski definition) is 3. The Balaban J connectivity index is 2.52. The number of thiocarbonyl (C=S) groups is 1. The van der Waals surface area contributed by atoms with Crippen LogP contribution in [0.4, 0.5) is 0 Å². The first kappa shape index (κ1) is 15.5. The molecule has 3 heteroatoms. The lowest BCUT2D eigenvalue weighted by Crippen LogP contribution is -2.18. The van der Waals surface area contributed by atoms with Gasteiger partial charge < -0.3 is 4.74 Å². The minimum Gasteiger partial charge on any atom is -0.475 e. The van der Waals surface area contributed by atoms with E-state index in [0.29, 0.717) is 9.63 Å². The summed E-state index contributed by atoms with van der Waals surface area (Å²) in [5, 5.41) is 0.483. The van der Waals surface area contributed by atoms with Crippen LogP contribution in [0.1, 0.15) is 39.2 Å². The normalized spacial score (nSPS) is 12.4. The molecule has 0 bridgehead atoms. The highest BCUT2D eigenvalue weighted by Gasteiger charge is 2.13. The fraction of sp³-hybridized carbons (Fsp3) is 0.533. The largest absolute Gasteiger partial charge is 0.475 e. The molecule has 1 unspecified atom stereocenters. The van der Waals surface area contributed by atoms with Crippen LogP contribution in [-0.4, -0.2) is 15.7 Å². The van der Waals surface area contributed by atoms with Gasteiger partial charge >= 0.3 is 0 Å². The lowest BCUT2D eigenvalue weighted by molar-refractivity contribution is 0.189. The average Bonchev–Trinajstić information content (AvgIpc) is 2.29. The average molecular weight is 282 g/mol. The molecule has 0 saturated carbocycles. The molecule has 0 aliphatic heterocycles. The standard InChI is InChI=1S/C15H22OS2/c1-4-8-14(16-15(17)18-12(2)3)11-13-9-6-5-7-10-13/h5-7,9-10,12,14H,4,8,11H2,1-3H3. The number of thioether (sulfide) groups is 1. The topological polar surface area (TPSA) is 9.23 Å². The zero-order chi connectivity index (χ0) is 13.4. The minimum absolute atomic E-state index is 0.205. The third-order valence-electron chi connectivity index (χ3n) is 2.51. The van der Waals surface area contributed by atoms with E-state index in [1.165, 1.54) is 5.56 Å². The Morgan fingerprint density at radius 1 is 1.28 bits per heavy atom. The first-order chi connectivity index (χ1) is 8.61. The quantitative estimate of drug-likeness (QED) is 0.691. The highest BCUT2D eigenvalue weighted by Crippen LogP contribution is 2.18. The van der Waals surface area contributed by atoms with E-state index in [9.17, 15) is 0 Å². The Hall–Kier alpha value is -0.540. The first-order valence-corrected chi connectivity index (χ1v) is 7.81. The first-order valence-electron chi connectivity index (χ1n) is 6.53. The molecule has 0 spiro atoms. The second kappa shape index (κ2) is 8.54. The summed E-state index contributed by atoms with van der Waals surface area (Å²) in [6, 6.07) is 10.5. The van der Waals surface area contributed by atoms with Gasteiger partial charge in [0.05, 0.1) is 0 Å². The van der Waals surface area contributed by atoms with Crippen molar-refractivity contribution in [1.29, 1.82) is 0 Å². The van der Waals surface area contributed by atoms with Crippen LogP contribution in [0.5, 0.6) is 0 Å². The number of rotatable bonds is 6. The van der Waals surface area contributed by atoms with Crippen molar-refractivity contribution in [3.63, 3.8) is 0 Å². The van der Waals surface area contributed by atoms with Gasteiger partial charge in [0, 0.05) is 11.7 Å². The smallest absolute Gasteiger partial charge is 0.220 e. The molecule has 0 aliphatic carbocycles. The summed E-state index contributed by atoms with van der Waals surface area (Å²) in [6.07, 6.45) is 3.31. The monoisotopic (exact) mass is 282 g/mol. The van der Waals surface area contributed by atoms with Crippen LogP contribution >= 0.6 is 24.0 Å². The minimum atomic E-state index is 0.205. The summed E-state index contributed by atoms with van der Waals surface area (Å²) in [6.45, 7) is 6.44. The molecule has 1 aromatic carbocycles. The number of ether oxygens (including phenoxy) is 1. The Morgan fingerprint density at radius 3 is 2.50 bits per heavy atom. The lowest BCUT2D eigenvalue weighted by atomic mass is 10.0. The molecule has 0 amide bonds. The van der Waals surface area contributed by atoms with Crippen molar-refractivity contribution in [2.45, 2.75) is 51.4 Å². The van der Waals surface area contributed by atoms with E-state index in [-0.39, 0.29) is 6.10 Å². The Bertz CT molecular complexity index is 349. The fourth-order valence-corrected chi connectivity index (χ4v) is 3.05. The van der Waals surface area contributed by atoms with Crippen LogP contribution in [0.15, 0.2) is 30.3 Å². The zero-order valence-electron chi connectivity index (χ0n) is 11.4. The molecule has 0 N–H and O–H groups in total. The van der Waals surface area contributed by atoms with Crippen molar-refractivity contribution >= 4 is 28.4 Å². The van der Waals surface area contributed by atoms with Crippen molar-refractivity contribution < 1.29 is 4.74 Å². The van der Waals surface area contributed by atoms with E-state index >= 15 is 0 Å². The molecule has 0 aliphatic rings. The molecule has 1 atom stereocenters. The molecule has 1 aromatic rings. The van der Waals surface area contributed by atoms with Crippen molar-refractivity contribution in [2.75, 3.05) is 0 Å². The van der Waals surface area contributed by atoms with Gasteiger partial charge in [-0.25, -0.2) is 0 Å². The van der Waals surface area contributed by atoms with E-state index in [1.54, 1.807) is 11.8 Å². The number of benzene rings is 1. The molecule has 0 aromatic heterocycles. The van der Waals surface area contributed by atoms with Crippen LogP contribution in [0.2, 0.25) is 0 Å². The Labute approximate surface area is 120 Å². The van der Waals surface area contributed by atoms with Crippen molar-refractivity contribution in [3.8, 4) is 0 Å². The van der Waals surface area contributed by atoms with Crippen LogP contribution in [0.3, 0.4) is 0 Å². The van der Waals surface area contributed by atoms with E-state index in [0.717, 1.165) is 19.3 Å². The second-order valence-electron chi connectivity index (χ2n) is 4.63. The zero-order valence-corrected chi connectivity index (χ0v) is 13.0. The molecule has 0 heterocycles. The van der Waals surface area contributed by atoms with E-state index in [1.807, 2.05) is 6.07 Å². The molecule has 100 valence electrons. The SMILES string of the molecule is CCCC(Cc1ccccc1)OC(=S)SC(C)C. The summed E-state index contributed by atoms with van der Waals surface area (Å²) in [4.78, 5) is 0. The maximum atomic E-state index is 5.90. The molecular weight excluding hydrogens is 260 g/mol. The molecule has 1 rings (SSSR count). The van der Waals surface area contributed by atoms with Crippen LogP contribution in [-0.2, 0) is 11.2 Å². The highest BCUT2D eigenvalue weighted by atomic mass is 32.2. The van der Waals surface area contributed by atoms with E-state index < -0.39 is 0 Å². The predicted molar refractivity (Wildman–Crippen MR) is 85.3 cm³/mol. The van der Waals surface area contributed by atoms with E-state index in [4.69, 9.17) is 17.0 Å². The fourth-order valence-electron chi connectivity index (χ4n) is 1.76. The summed E-state index contributed by atoms with van der Waals surface area (Å²) in [5.41, 5.74) is 1.31. The van der Waals surface area contributed by atoms with Crippen molar-refractivity contribution in [3.05, 3.63) is 35.9 Å². The van der Waals surface area contributed by atoms with Gasteiger partial charge in [-0.3, -0.25) is 0 Å². The van der Waals surface area contributed by atoms with Crippen LogP contribution in [0.25, 0.3) is 0 Å². The maximum absolute atomic E-state index is 5.90. The summed E-state index contributed by atoms with van der Waals surface area (Å²) in [7, 11) is 0. The molecule has 1 nitrogen and oxygen atoms in total. The Kier molecular flexibility index (Phi) is 7.36. The maximum Gasteiger partial charge on any atom is 0.220 e. The summed E-state index contributed by atoms with van der Waals surface area (Å²) >= 11 is 6.91. The van der Waals surface area contributed by atoms with Crippen molar-refractivity contribution in [1.82, 2.24) is 0 Å². The predicted octanol–water partition coefficient (Wildman–Crippen LogP) is 4.84. The molecule has 0 fully saturated rings.